The molecule has 0 bridgehead atoms. The summed E-state index contributed by atoms with van der Waals surface area (Å²) in [6.45, 7) is -0.896. The number of ether oxygens (including phenoxy) is 2. The Balaban J connectivity index is 2.49. The van der Waals surface area contributed by atoms with Crippen molar-refractivity contribution in [3.05, 3.63) is 0 Å². The summed E-state index contributed by atoms with van der Waals surface area (Å²) in [7, 11) is 0. The first-order valence-corrected chi connectivity index (χ1v) is 3.57. The fraction of sp³-hybridized carbons (Fsp3) is 1.00. The van der Waals surface area contributed by atoms with Crippen LogP contribution >= 0.6 is 0 Å². The van der Waals surface area contributed by atoms with Gasteiger partial charge < -0.3 is 29.9 Å². The Morgan fingerprint density at radius 1 is 0.833 bits per heavy atom. The van der Waals surface area contributed by atoms with Crippen LogP contribution in [0, 0.1) is 0 Å². The van der Waals surface area contributed by atoms with Crippen molar-refractivity contribution in [3.63, 3.8) is 0 Å². The van der Waals surface area contributed by atoms with Gasteiger partial charge in [0.1, 0.15) is 12.2 Å². The summed E-state index contributed by atoms with van der Waals surface area (Å²) in [5.74, 6) is 0. The monoisotopic (exact) mass is 180 g/mol. The van der Waals surface area contributed by atoms with Gasteiger partial charge in [0, 0.05) is 0 Å². The highest BCUT2D eigenvalue weighted by Crippen LogP contribution is 2.16. The molecule has 1 aliphatic heterocycles. The summed E-state index contributed by atoms with van der Waals surface area (Å²) in [6.07, 6.45) is -4.53. The first-order chi connectivity index (χ1) is 5.69. The molecule has 1 rings (SSSR count). The molecular formula is C6H12O6. The maximum atomic E-state index is 9.06. The van der Waals surface area contributed by atoms with Crippen LogP contribution in [0.5, 0.6) is 0 Å². The van der Waals surface area contributed by atoms with E-state index < -0.39 is 38.0 Å². The van der Waals surface area contributed by atoms with Gasteiger partial charge >= 0.3 is 0 Å². The van der Waals surface area contributed by atoms with Crippen LogP contribution in [0.2, 0.25) is 0 Å². The average molecular weight is 180 g/mol. The number of aliphatic hydroxyl groups excluding tert-OH is 4. The molecule has 1 aliphatic rings. The summed E-state index contributed by atoms with van der Waals surface area (Å²) in [5.41, 5.74) is 0. The molecule has 12 heavy (non-hydrogen) atoms. The smallest absolute Gasteiger partial charge is 0.184 e. The van der Waals surface area contributed by atoms with Crippen molar-refractivity contribution < 1.29 is 29.9 Å². The highest BCUT2D eigenvalue weighted by Gasteiger charge is 2.36. The van der Waals surface area contributed by atoms with Gasteiger partial charge in [0.25, 0.3) is 0 Å². The molecule has 72 valence electrons. The lowest BCUT2D eigenvalue weighted by Crippen LogP contribution is -2.51. The van der Waals surface area contributed by atoms with Gasteiger partial charge in [-0.1, -0.05) is 0 Å². The van der Waals surface area contributed by atoms with Crippen LogP contribution in [-0.4, -0.2) is 58.4 Å². The van der Waals surface area contributed by atoms with Crippen molar-refractivity contribution in [2.45, 2.75) is 24.8 Å². The van der Waals surface area contributed by atoms with Crippen molar-refractivity contribution in [1.82, 2.24) is 0 Å². The highest BCUT2D eigenvalue weighted by molar-refractivity contribution is 4.72. The molecule has 0 aromatic rings. The molecule has 0 aliphatic carbocycles. The van der Waals surface area contributed by atoms with E-state index in [9.17, 15) is 0 Å². The Hall–Kier alpha value is -0.240. The van der Waals surface area contributed by atoms with Crippen LogP contribution in [0.3, 0.4) is 0 Å². The van der Waals surface area contributed by atoms with Crippen molar-refractivity contribution in [1.29, 1.82) is 0 Å². The second-order valence-electron chi connectivity index (χ2n) is 2.50. The van der Waals surface area contributed by atoms with E-state index >= 15 is 0 Å². The van der Waals surface area contributed by atoms with E-state index in [0.29, 0.717) is 0 Å². The molecule has 1 fully saturated rings. The van der Waals surface area contributed by atoms with Gasteiger partial charge in [-0.05, 0) is 0 Å². The van der Waals surface area contributed by atoms with E-state index in [1.807, 2.05) is 0 Å². The topological polar surface area (TPSA) is 99.4 Å². The molecule has 0 radical (unpaired) electrons. The fourth-order valence-corrected chi connectivity index (χ4v) is 0.934. The third-order valence-electron chi connectivity index (χ3n) is 1.62. The van der Waals surface area contributed by atoms with Gasteiger partial charge in [0.05, 0.1) is 13.2 Å². The van der Waals surface area contributed by atoms with Crippen LogP contribution in [0.4, 0.5) is 0 Å². The van der Waals surface area contributed by atoms with E-state index in [2.05, 4.69) is 0 Å². The molecule has 6 heteroatoms. The number of hydrogen-bond acceptors (Lipinski definition) is 6. The Labute approximate surface area is 69.0 Å². The van der Waals surface area contributed by atoms with E-state index in [0.717, 1.165) is 0 Å². The fourth-order valence-electron chi connectivity index (χ4n) is 0.934. The van der Waals surface area contributed by atoms with E-state index in [1.54, 1.807) is 0 Å². The number of aliphatic hydroxyl groups is 4. The maximum Gasteiger partial charge on any atom is 0.184 e. The summed E-state index contributed by atoms with van der Waals surface area (Å²) in [5, 5.41) is 35.3. The Kier molecular flexibility index (Phi) is 3.39. The minimum absolute atomic E-state index is 0.448. The highest BCUT2D eigenvalue weighted by atomic mass is 16.7. The van der Waals surface area contributed by atoms with Gasteiger partial charge in [-0.3, -0.25) is 0 Å². The molecular weight excluding hydrogens is 168 g/mol. The minimum atomic E-state index is -1.31. The van der Waals surface area contributed by atoms with Gasteiger partial charge in [-0.25, -0.2) is 0 Å². The second kappa shape index (κ2) is 4.13. The number of hydrogen-bond donors (Lipinski definition) is 4. The predicted octanol–water partition coefficient (Wildman–Crippen LogP) is -2.61. The third kappa shape index (κ3) is 1.92. The predicted molar refractivity (Wildman–Crippen MR) is 35.9 cm³/mol. The molecule has 0 aromatic carbocycles. The Bertz CT molecular complexity index is 124. The van der Waals surface area contributed by atoms with Gasteiger partial charge in [0.2, 0.25) is 0 Å². The molecule has 0 spiro atoms. The summed E-state index contributed by atoms with van der Waals surface area (Å²) in [6, 6.07) is 0. The molecule has 1 saturated heterocycles. The van der Waals surface area contributed by atoms with E-state index in [4.69, 9.17) is 29.9 Å². The average Bonchev–Trinajstić information content (AvgIpc) is 2.08. The Morgan fingerprint density at radius 2 is 1.17 bits per heavy atom. The van der Waals surface area contributed by atoms with Crippen molar-refractivity contribution in [2.24, 2.45) is 0 Å². The van der Waals surface area contributed by atoms with Crippen molar-refractivity contribution in [2.75, 3.05) is 13.2 Å². The first kappa shape index (κ1) is 9.85. The standard InChI is InChI=1S/C6H12O6/c7-1-3-5(9)12-4(2-8)6(10)11-3/h3-10H,1-2H2/t3-,4-,5+,6+/m1/s1. The van der Waals surface area contributed by atoms with Crippen LogP contribution < -0.4 is 0 Å². The normalized spacial score (nSPS) is 43.0. The molecule has 1 heterocycles. The van der Waals surface area contributed by atoms with E-state index in [1.165, 1.54) is 0 Å². The third-order valence-corrected chi connectivity index (χ3v) is 1.62. The quantitative estimate of drug-likeness (QED) is 0.371. The Morgan fingerprint density at radius 3 is 1.42 bits per heavy atom. The van der Waals surface area contributed by atoms with Crippen LogP contribution in [0.25, 0.3) is 0 Å². The van der Waals surface area contributed by atoms with Crippen LogP contribution in [0.1, 0.15) is 0 Å². The van der Waals surface area contributed by atoms with Gasteiger partial charge in [0.15, 0.2) is 12.6 Å². The summed E-state index contributed by atoms with van der Waals surface area (Å²) in [4.78, 5) is 0. The van der Waals surface area contributed by atoms with E-state index in [-0.39, 0.29) is 0 Å². The molecule has 0 saturated carbocycles. The lowest BCUT2D eigenvalue weighted by atomic mass is 10.2. The minimum Gasteiger partial charge on any atom is -0.393 e. The second-order valence-corrected chi connectivity index (χ2v) is 2.50. The molecule has 0 amide bonds. The SMILES string of the molecule is OC[C@H]1O[C@H](O)[C@@H](CO)O[C@@H]1O. The lowest BCUT2D eigenvalue weighted by Gasteiger charge is -2.35. The maximum absolute atomic E-state index is 9.06. The lowest BCUT2D eigenvalue weighted by molar-refractivity contribution is -0.338. The molecule has 6 nitrogen and oxygen atoms in total. The largest absolute Gasteiger partial charge is 0.393 e. The molecule has 0 unspecified atom stereocenters. The van der Waals surface area contributed by atoms with Gasteiger partial charge in [-0.2, -0.15) is 0 Å². The van der Waals surface area contributed by atoms with Crippen LogP contribution in [0.15, 0.2) is 0 Å². The van der Waals surface area contributed by atoms with Crippen molar-refractivity contribution in [3.8, 4) is 0 Å². The molecule has 0 aromatic heterocycles. The van der Waals surface area contributed by atoms with Crippen LogP contribution in [-0.2, 0) is 9.47 Å². The zero-order chi connectivity index (χ0) is 9.14. The summed E-state index contributed by atoms with van der Waals surface area (Å²) >= 11 is 0. The first-order valence-electron chi connectivity index (χ1n) is 3.57. The zero-order valence-corrected chi connectivity index (χ0v) is 6.33. The summed E-state index contributed by atoms with van der Waals surface area (Å²) < 4.78 is 9.44. The molecule has 4 N–H and O–H groups in total. The number of rotatable bonds is 2. The molecule has 4 atom stereocenters. The van der Waals surface area contributed by atoms with Gasteiger partial charge in [-0.15, -0.1) is 0 Å². The van der Waals surface area contributed by atoms with Crippen molar-refractivity contribution >= 4 is 0 Å². The zero-order valence-electron chi connectivity index (χ0n) is 6.33.